The molecule has 146 valence electrons. The van der Waals surface area contributed by atoms with Crippen LogP contribution in [-0.2, 0) is 17.6 Å². The number of rotatable bonds is 5. The monoisotopic (exact) mass is 389 g/mol. The summed E-state index contributed by atoms with van der Waals surface area (Å²) in [4.78, 5) is 40.9. The van der Waals surface area contributed by atoms with E-state index < -0.39 is 0 Å². The molecule has 0 radical (unpaired) electrons. The molecule has 2 aliphatic rings. The molecule has 1 saturated heterocycles. The van der Waals surface area contributed by atoms with E-state index in [0.717, 1.165) is 22.0 Å². The van der Waals surface area contributed by atoms with Gasteiger partial charge in [0, 0.05) is 23.6 Å². The number of imide groups is 1. The second-order valence-electron chi connectivity index (χ2n) is 7.40. The van der Waals surface area contributed by atoms with Crippen molar-refractivity contribution in [2.24, 2.45) is 0 Å². The maximum Gasteiger partial charge on any atom is 0.407 e. The summed E-state index contributed by atoms with van der Waals surface area (Å²) in [6.07, 6.45) is 2.80. The van der Waals surface area contributed by atoms with E-state index in [1.807, 2.05) is 18.3 Å². The number of benzene rings is 2. The molecule has 0 unspecified atom stereocenters. The maximum absolute atomic E-state index is 12.6. The quantitative estimate of drug-likeness (QED) is 0.657. The molecule has 2 aliphatic heterocycles. The number of ether oxygens (including phenoxy) is 1. The first-order valence-corrected chi connectivity index (χ1v) is 9.57. The predicted octanol–water partition coefficient (Wildman–Crippen LogP) is 2.66. The number of nitrogens with zero attached hydrogens (tertiary/aromatic N) is 1. The molecule has 2 N–H and O–H groups in total. The number of aromatic nitrogens is 1. The van der Waals surface area contributed by atoms with Crippen molar-refractivity contribution < 1.29 is 19.1 Å². The van der Waals surface area contributed by atoms with Gasteiger partial charge in [-0.3, -0.25) is 14.5 Å². The Balaban J connectivity index is 1.33. The molecule has 1 atom stereocenters. The van der Waals surface area contributed by atoms with Gasteiger partial charge in [-0.2, -0.15) is 0 Å². The molecule has 0 spiro atoms. The van der Waals surface area contributed by atoms with Crippen LogP contribution in [0.25, 0.3) is 10.9 Å². The molecule has 1 aromatic heterocycles. The van der Waals surface area contributed by atoms with E-state index in [1.165, 1.54) is 4.90 Å². The molecule has 0 saturated carbocycles. The number of alkyl carbamates (subject to hydrolysis) is 1. The van der Waals surface area contributed by atoms with E-state index in [2.05, 4.69) is 16.4 Å². The maximum atomic E-state index is 12.6. The number of H-pyrrole nitrogens is 1. The van der Waals surface area contributed by atoms with Crippen molar-refractivity contribution in [3.63, 3.8) is 0 Å². The van der Waals surface area contributed by atoms with Gasteiger partial charge < -0.3 is 15.0 Å². The fourth-order valence-electron chi connectivity index (χ4n) is 4.05. The van der Waals surface area contributed by atoms with Gasteiger partial charge in [-0.25, -0.2) is 4.79 Å². The van der Waals surface area contributed by atoms with Gasteiger partial charge in [0.2, 0.25) is 0 Å². The number of carbonyl (C=O) groups excluding carboxylic acids is 3. The Bertz CT molecular complexity index is 1110. The van der Waals surface area contributed by atoms with Crippen LogP contribution in [0.5, 0.6) is 0 Å². The smallest absolute Gasteiger partial charge is 0.407 e. The Hall–Kier alpha value is -3.61. The third kappa shape index (κ3) is 3.04. The molecule has 29 heavy (non-hydrogen) atoms. The number of amides is 3. The van der Waals surface area contributed by atoms with Crippen molar-refractivity contribution in [3.05, 3.63) is 70.9 Å². The topological polar surface area (TPSA) is 91.5 Å². The van der Waals surface area contributed by atoms with Crippen LogP contribution in [0.3, 0.4) is 0 Å². The molecule has 5 rings (SSSR count). The van der Waals surface area contributed by atoms with Gasteiger partial charge >= 0.3 is 6.09 Å². The van der Waals surface area contributed by atoms with Gasteiger partial charge in [0.25, 0.3) is 11.8 Å². The Kier molecular flexibility index (Phi) is 4.08. The number of hydrogen-bond acceptors (Lipinski definition) is 4. The SMILES string of the molecule is O=C1N[C@@H](Cc2ccc3[nH]cc(CCN4C(=O)c5ccccc5C4=O)c3c2)CO1. The highest BCUT2D eigenvalue weighted by atomic mass is 16.6. The Labute approximate surface area is 166 Å². The standard InChI is InChI=1S/C22H19N3O4/c26-20-16-3-1-2-4-17(16)21(27)25(20)8-7-14-11-23-19-6-5-13(10-18(14)19)9-15-12-29-22(28)24-15/h1-6,10-11,15,23H,7-9,12H2,(H,24,28)/t15-/m0/s1. The lowest BCUT2D eigenvalue weighted by molar-refractivity contribution is 0.0656. The third-order valence-corrected chi connectivity index (χ3v) is 5.53. The molecule has 2 aromatic carbocycles. The van der Waals surface area contributed by atoms with Crippen LogP contribution in [0.2, 0.25) is 0 Å². The van der Waals surface area contributed by atoms with Gasteiger partial charge in [0.15, 0.2) is 0 Å². The second-order valence-corrected chi connectivity index (χ2v) is 7.40. The molecule has 1 fully saturated rings. The number of fused-ring (bicyclic) bond motifs is 2. The molecule has 3 aromatic rings. The highest BCUT2D eigenvalue weighted by molar-refractivity contribution is 6.21. The fraction of sp³-hybridized carbons (Fsp3) is 0.227. The van der Waals surface area contributed by atoms with Gasteiger partial charge in [-0.05, 0) is 48.2 Å². The average molecular weight is 389 g/mol. The zero-order valence-corrected chi connectivity index (χ0v) is 15.6. The zero-order valence-electron chi connectivity index (χ0n) is 15.6. The molecule has 3 heterocycles. The second kappa shape index (κ2) is 6.77. The predicted molar refractivity (Wildman–Crippen MR) is 106 cm³/mol. The van der Waals surface area contributed by atoms with Crippen molar-refractivity contribution in [1.29, 1.82) is 0 Å². The third-order valence-electron chi connectivity index (χ3n) is 5.53. The fourth-order valence-corrected chi connectivity index (χ4v) is 4.05. The van der Waals surface area contributed by atoms with Crippen molar-refractivity contribution in [2.75, 3.05) is 13.2 Å². The van der Waals surface area contributed by atoms with Crippen LogP contribution in [0.1, 0.15) is 31.8 Å². The van der Waals surface area contributed by atoms with Crippen LogP contribution in [-0.4, -0.2) is 47.0 Å². The summed E-state index contributed by atoms with van der Waals surface area (Å²) in [7, 11) is 0. The van der Waals surface area contributed by atoms with Crippen LogP contribution in [0.4, 0.5) is 4.79 Å². The van der Waals surface area contributed by atoms with E-state index in [4.69, 9.17) is 4.74 Å². The Morgan fingerprint density at radius 2 is 1.79 bits per heavy atom. The number of aromatic amines is 1. The summed E-state index contributed by atoms with van der Waals surface area (Å²) in [5, 5.41) is 3.85. The van der Waals surface area contributed by atoms with Crippen molar-refractivity contribution in [1.82, 2.24) is 15.2 Å². The minimum absolute atomic E-state index is 0.0271. The number of cyclic esters (lactones) is 1. The lowest BCUT2D eigenvalue weighted by atomic mass is 10.0. The molecule has 0 bridgehead atoms. The number of hydrogen-bond donors (Lipinski definition) is 2. The molecule has 7 nitrogen and oxygen atoms in total. The Morgan fingerprint density at radius 1 is 1.03 bits per heavy atom. The first kappa shape index (κ1) is 17.5. The normalized spacial score (nSPS) is 18.3. The van der Waals surface area contributed by atoms with E-state index in [9.17, 15) is 14.4 Å². The van der Waals surface area contributed by atoms with E-state index in [-0.39, 0.29) is 23.9 Å². The molecule has 3 amide bonds. The highest BCUT2D eigenvalue weighted by Gasteiger charge is 2.34. The van der Waals surface area contributed by atoms with Crippen LogP contribution < -0.4 is 5.32 Å². The average Bonchev–Trinajstić information content (AvgIpc) is 3.39. The van der Waals surface area contributed by atoms with E-state index in [1.54, 1.807) is 24.3 Å². The van der Waals surface area contributed by atoms with E-state index >= 15 is 0 Å². The summed E-state index contributed by atoms with van der Waals surface area (Å²) >= 11 is 0. The van der Waals surface area contributed by atoms with Crippen LogP contribution in [0.15, 0.2) is 48.7 Å². The van der Waals surface area contributed by atoms with Gasteiger partial charge in [0.1, 0.15) is 6.61 Å². The van der Waals surface area contributed by atoms with Crippen molar-refractivity contribution in [2.45, 2.75) is 18.9 Å². The van der Waals surface area contributed by atoms with Gasteiger partial charge in [-0.15, -0.1) is 0 Å². The van der Waals surface area contributed by atoms with E-state index in [0.29, 0.717) is 37.1 Å². The van der Waals surface area contributed by atoms with Crippen molar-refractivity contribution >= 4 is 28.8 Å². The van der Waals surface area contributed by atoms with Crippen LogP contribution >= 0.6 is 0 Å². The van der Waals surface area contributed by atoms with Crippen molar-refractivity contribution in [3.8, 4) is 0 Å². The van der Waals surface area contributed by atoms with Crippen LogP contribution in [0, 0.1) is 0 Å². The lowest BCUT2D eigenvalue weighted by Gasteiger charge is -2.13. The summed E-state index contributed by atoms with van der Waals surface area (Å²) in [5.41, 5.74) is 4.08. The number of nitrogens with one attached hydrogen (secondary N) is 2. The van der Waals surface area contributed by atoms with Gasteiger partial charge in [0.05, 0.1) is 17.2 Å². The summed E-state index contributed by atoms with van der Waals surface area (Å²) in [6, 6.07) is 13.0. The first-order chi connectivity index (χ1) is 14.1. The lowest BCUT2D eigenvalue weighted by Crippen LogP contribution is -2.31. The minimum atomic E-state index is -0.376. The molecule has 7 heteroatoms. The van der Waals surface area contributed by atoms with Gasteiger partial charge in [-0.1, -0.05) is 18.2 Å². The summed E-state index contributed by atoms with van der Waals surface area (Å²) < 4.78 is 4.95. The molecular weight excluding hydrogens is 370 g/mol. The summed E-state index contributed by atoms with van der Waals surface area (Å²) in [5.74, 6) is -0.466. The minimum Gasteiger partial charge on any atom is -0.447 e. The largest absolute Gasteiger partial charge is 0.447 e. The number of carbonyl (C=O) groups is 3. The Morgan fingerprint density at radius 3 is 2.48 bits per heavy atom. The molecule has 0 aliphatic carbocycles. The highest BCUT2D eigenvalue weighted by Crippen LogP contribution is 2.25. The zero-order chi connectivity index (χ0) is 20.0. The molecular formula is C22H19N3O4. The summed E-state index contributed by atoms with van der Waals surface area (Å²) in [6.45, 7) is 0.701. The first-order valence-electron chi connectivity index (χ1n) is 9.57.